The highest BCUT2D eigenvalue weighted by Gasteiger charge is 2.25. The summed E-state index contributed by atoms with van der Waals surface area (Å²) < 4.78 is 44.1. The Labute approximate surface area is 159 Å². The molecule has 27 heavy (non-hydrogen) atoms. The zero-order valence-corrected chi connectivity index (χ0v) is 16.8. The minimum absolute atomic E-state index is 0.0796. The van der Waals surface area contributed by atoms with Gasteiger partial charge < -0.3 is 14.0 Å². The third-order valence-electron chi connectivity index (χ3n) is 4.31. The van der Waals surface area contributed by atoms with E-state index in [2.05, 4.69) is 14.9 Å². The van der Waals surface area contributed by atoms with Gasteiger partial charge in [0.05, 0.1) is 23.7 Å². The minimum atomic E-state index is -3.70. The number of methoxy groups -OCH3 is 1. The van der Waals surface area contributed by atoms with Crippen LogP contribution in [0.15, 0.2) is 27.6 Å². The van der Waals surface area contributed by atoms with Crippen molar-refractivity contribution in [1.29, 1.82) is 0 Å². The van der Waals surface area contributed by atoms with Crippen LogP contribution in [0, 0.1) is 0 Å². The average molecular weight is 395 g/mol. The Bertz CT molecular complexity index is 896. The first-order chi connectivity index (χ1) is 12.7. The Balaban J connectivity index is 1.89. The third kappa shape index (κ3) is 4.48. The summed E-state index contributed by atoms with van der Waals surface area (Å²) in [5.41, 5.74) is 0.141. The third-order valence-corrected chi connectivity index (χ3v) is 5.74. The molecule has 1 atom stereocenters. The number of hydrogen-bond donors (Lipinski definition) is 1. The highest BCUT2D eigenvalue weighted by atomic mass is 32.2. The highest BCUT2D eigenvalue weighted by molar-refractivity contribution is 7.89. The molecule has 0 radical (unpaired) electrons. The van der Waals surface area contributed by atoms with Gasteiger partial charge in [-0.3, -0.25) is 0 Å². The zero-order chi connectivity index (χ0) is 19.7. The normalized spacial score (nSPS) is 18.0. The molecule has 1 aliphatic rings. The van der Waals surface area contributed by atoms with E-state index in [0.717, 1.165) is 12.8 Å². The van der Waals surface area contributed by atoms with Crippen LogP contribution in [0.3, 0.4) is 0 Å². The van der Waals surface area contributed by atoms with Crippen molar-refractivity contribution >= 4 is 10.0 Å². The second-order valence-electron chi connectivity index (χ2n) is 7.52. The Morgan fingerprint density at radius 3 is 2.70 bits per heavy atom. The number of nitrogens with one attached hydrogen (secondary N) is 1. The molecule has 1 N–H and O–H groups in total. The first-order valence-electron chi connectivity index (χ1n) is 8.84. The number of nitrogens with zero attached hydrogens (tertiary/aromatic N) is 2. The molecule has 9 heteroatoms. The van der Waals surface area contributed by atoms with Crippen LogP contribution < -0.4 is 9.46 Å². The van der Waals surface area contributed by atoms with Crippen LogP contribution in [0.5, 0.6) is 5.75 Å². The molecule has 1 unspecified atom stereocenters. The summed E-state index contributed by atoms with van der Waals surface area (Å²) in [6, 6.07) is 4.57. The zero-order valence-electron chi connectivity index (χ0n) is 16.0. The van der Waals surface area contributed by atoms with Crippen molar-refractivity contribution < 1.29 is 22.4 Å². The maximum atomic E-state index is 12.7. The molecule has 148 valence electrons. The Morgan fingerprint density at radius 1 is 1.33 bits per heavy atom. The van der Waals surface area contributed by atoms with Gasteiger partial charge in [-0.05, 0) is 31.0 Å². The molecule has 8 nitrogen and oxygen atoms in total. The standard InChI is InChI=1S/C18H25N3O5S/c1-18(2,3)17-20-16(21-26-17)14-10-13(7-8-15(14)24-4)27(22,23)19-11-12-6-5-9-25-12/h7-8,10,12,19H,5-6,9,11H2,1-4H3. The highest BCUT2D eigenvalue weighted by Crippen LogP contribution is 2.32. The predicted molar refractivity (Wildman–Crippen MR) is 99.1 cm³/mol. The van der Waals surface area contributed by atoms with Crippen molar-refractivity contribution in [3.63, 3.8) is 0 Å². The number of aromatic nitrogens is 2. The molecule has 2 heterocycles. The second-order valence-corrected chi connectivity index (χ2v) is 9.29. The molecule has 0 spiro atoms. The lowest BCUT2D eigenvalue weighted by atomic mass is 9.97. The lowest BCUT2D eigenvalue weighted by Crippen LogP contribution is -2.31. The van der Waals surface area contributed by atoms with Crippen molar-refractivity contribution in [3.05, 3.63) is 24.1 Å². The molecule has 1 saturated heterocycles. The van der Waals surface area contributed by atoms with Crippen LogP contribution in [0.4, 0.5) is 0 Å². The number of sulfonamides is 1. The maximum absolute atomic E-state index is 12.7. The molecular weight excluding hydrogens is 370 g/mol. The van der Waals surface area contributed by atoms with Gasteiger partial charge in [0, 0.05) is 18.6 Å². The van der Waals surface area contributed by atoms with Crippen LogP contribution in [0.25, 0.3) is 11.4 Å². The van der Waals surface area contributed by atoms with E-state index in [0.29, 0.717) is 23.8 Å². The van der Waals surface area contributed by atoms with Crippen LogP contribution in [0.1, 0.15) is 39.5 Å². The van der Waals surface area contributed by atoms with Gasteiger partial charge in [0.25, 0.3) is 0 Å². The fourth-order valence-electron chi connectivity index (χ4n) is 2.76. The van der Waals surface area contributed by atoms with Gasteiger partial charge in [0.15, 0.2) is 0 Å². The summed E-state index contributed by atoms with van der Waals surface area (Å²) in [6.07, 6.45) is 1.73. The Kier molecular flexibility index (Phi) is 5.55. The van der Waals surface area contributed by atoms with E-state index in [9.17, 15) is 8.42 Å². The fourth-order valence-corrected chi connectivity index (χ4v) is 3.85. The van der Waals surface area contributed by atoms with Crippen molar-refractivity contribution in [3.8, 4) is 17.1 Å². The predicted octanol–water partition coefficient (Wildman–Crippen LogP) is 2.50. The molecule has 1 aromatic carbocycles. The molecule has 0 saturated carbocycles. The van der Waals surface area contributed by atoms with Gasteiger partial charge in [-0.25, -0.2) is 13.1 Å². The first-order valence-corrected chi connectivity index (χ1v) is 10.3. The molecular formula is C18H25N3O5S. The van der Waals surface area contributed by atoms with E-state index in [1.165, 1.54) is 19.2 Å². The molecule has 1 aromatic heterocycles. The summed E-state index contributed by atoms with van der Waals surface area (Å²) in [4.78, 5) is 4.51. The molecule has 1 aliphatic heterocycles. The maximum Gasteiger partial charge on any atom is 0.240 e. The van der Waals surface area contributed by atoms with Gasteiger partial charge in [-0.1, -0.05) is 25.9 Å². The van der Waals surface area contributed by atoms with E-state index < -0.39 is 10.0 Å². The quantitative estimate of drug-likeness (QED) is 0.801. The molecule has 2 aromatic rings. The van der Waals surface area contributed by atoms with Crippen molar-refractivity contribution in [2.45, 2.75) is 50.0 Å². The summed E-state index contributed by atoms with van der Waals surface area (Å²) in [5, 5.41) is 3.99. The van der Waals surface area contributed by atoms with Gasteiger partial charge in [0.2, 0.25) is 21.7 Å². The summed E-state index contributed by atoms with van der Waals surface area (Å²) >= 11 is 0. The van der Waals surface area contributed by atoms with E-state index in [1.807, 2.05) is 20.8 Å². The van der Waals surface area contributed by atoms with Crippen LogP contribution in [0.2, 0.25) is 0 Å². The van der Waals surface area contributed by atoms with Crippen LogP contribution in [-0.2, 0) is 20.2 Å². The van der Waals surface area contributed by atoms with Gasteiger partial charge in [0.1, 0.15) is 5.75 Å². The number of ether oxygens (including phenoxy) is 2. The van der Waals surface area contributed by atoms with E-state index in [-0.39, 0.29) is 28.8 Å². The summed E-state index contributed by atoms with van der Waals surface area (Å²) in [5.74, 6) is 1.21. The average Bonchev–Trinajstić information content (AvgIpc) is 3.30. The number of rotatable bonds is 6. The van der Waals surface area contributed by atoms with Gasteiger partial charge in [-0.2, -0.15) is 4.98 Å². The number of hydrogen-bond acceptors (Lipinski definition) is 7. The fraction of sp³-hybridized carbons (Fsp3) is 0.556. The van der Waals surface area contributed by atoms with Crippen LogP contribution in [-0.4, -0.2) is 44.9 Å². The lowest BCUT2D eigenvalue weighted by Gasteiger charge is -2.13. The summed E-state index contributed by atoms with van der Waals surface area (Å²) in [6.45, 7) is 6.79. The van der Waals surface area contributed by atoms with Crippen molar-refractivity contribution in [2.75, 3.05) is 20.3 Å². The first kappa shape index (κ1) is 19.8. The minimum Gasteiger partial charge on any atom is -0.496 e. The Hall–Kier alpha value is -1.97. The van der Waals surface area contributed by atoms with Crippen LogP contribution >= 0.6 is 0 Å². The SMILES string of the molecule is COc1ccc(S(=O)(=O)NCC2CCCO2)cc1-c1noc(C(C)(C)C)n1. The van der Waals surface area contributed by atoms with Crippen molar-refractivity contribution in [2.24, 2.45) is 0 Å². The topological polar surface area (TPSA) is 104 Å². The molecule has 0 bridgehead atoms. The monoisotopic (exact) mass is 395 g/mol. The molecule has 3 rings (SSSR count). The smallest absolute Gasteiger partial charge is 0.240 e. The molecule has 1 fully saturated rings. The van der Waals surface area contributed by atoms with Gasteiger partial charge >= 0.3 is 0 Å². The van der Waals surface area contributed by atoms with Crippen molar-refractivity contribution in [1.82, 2.24) is 14.9 Å². The summed E-state index contributed by atoms with van der Waals surface area (Å²) in [7, 11) is -2.19. The Morgan fingerprint density at radius 2 is 2.11 bits per heavy atom. The van der Waals surface area contributed by atoms with E-state index >= 15 is 0 Å². The van der Waals surface area contributed by atoms with E-state index in [1.54, 1.807) is 6.07 Å². The van der Waals surface area contributed by atoms with E-state index in [4.69, 9.17) is 14.0 Å². The van der Waals surface area contributed by atoms with Gasteiger partial charge in [-0.15, -0.1) is 0 Å². The molecule has 0 amide bonds. The number of benzene rings is 1. The largest absolute Gasteiger partial charge is 0.496 e. The second kappa shape index (κ2) is 7.57. The lowest BCUT2D eigenvalue weighted by molar-refractivity contribution is 0.114. The molecule has 0 aliphatic carbocycles.